The molecular formula is C23H21N3O5S. The number of carbonyl (C=O) groups is 3. The molecule has 0 saturated carbocycles. The average molecular weight is 452 g/mol. The molecule has 2 amide bonds. The fourth-order valence-corrected chi connectivity index (χ4v) is 4.44. The maximum atomic E-state index is 12.3. The number of hydrogen-bond acceptors (Lipinski definition) is 6. The number of aliphatic carboxylic acids is 1. The number of thiazole rings is 1. The number of nitrogens with zero attached hydrogens (tertiary/aromatic N) is 2. The summed E-state index contributed by atoms with van der Waals surface area (Å²) < 4.78 is 5.49. The van der Waals surface area contributed by atoms with Gasteiger partial charge in [0, 0.05) is 18.3 Å². The summed E-state index contributed by atoms with van der Waals surface area (Å²) in [4.78, 5) is 40.4. The zero-order valence-electron chi connectivity index (χ0n) is 17.3. The van der Waals surface area contributed by atoms with Crippen LogP contribution in [0.4, 0.5) is 9.93 Å². The van der Waals surface area contributed by atoms with Crippen LogP contribution in [0, 0.1) is 0 Å². The van der Waals surface area contributed by atoms with Crippen molar-refractivity contribution in [1.82, 2.24) is 9.88 Å². The number of fused-ring (bicyclic) bond motifs is 3. The predicted molar refractivity (Wildman–Crippen MR) is 120 cm³/mol. The van der Waals surface area contributed by atoms with E-state index in [9.17, 15) is 14.4 Å². The van der Waals surface area contributed by atoms with Crippen molar-refractivity contribution in [2.45, 2.75) is 12.3 Å². The Labute approximate surface area is 188 Å². The number of nitrogens with one attached hydrogen (secondary N) is 1. The van der Waals surface area contributed by atoms with Gasteiger partial charge in [-0.2, -0.15) is 0 Å². The van der Waals surface area contributed by atoms with Crippen LogP contribution in [0.1, 0.15) is 22.7 Å². The molecule has 0 aliphatic heterocycles. The molecule has 1 aliphatic rings. The summed E-state index contributed by atoms with van der Waals surface area (Å²) in [6.45, 7) is -0.190. The molecular weight excluding hydrogens is 430 g/mol. The van der Waals surface area contributed by atoms with Gasteiger partial charge in [-0.05, 0) is 22.3 Å². The molecule has 1 aliphatic carbocycles. The van der Waals surface area contributed by atoms with Crippen LogP contribution in [0.25, 0.3) is 11.1 Å². The van der Waals surface area contributed by atoms with Crippen molar-refractivity contribution >= 4 is 34.4 Å². The Hall–Kier alpha value is -3.72. The molecule has 0 spiro atoms. The molecule has 1 aromatic heterocycles. The van der Waals surface area contributed by atoms with Gasteiger partial charge in [-0.1, -0.05) is 48.5 Å². The fourth-order valence-electron chi connectivity index (χ4n) is 3.75. The molecule has 1 heterocycles. The highest BCUT2D eigenvalue weighted by atomic mass is 32.1. The number of carboxylic acid groups (broad SMARTS) is 1. The van der Waals surface area contributed by atoms with E-state index in [4.69, 9.17) is 9.84 Å². The van der Waals surface area contributed by atoms with Gasteiger partial charge in [-0.25, -0.2) is 9.78 Å². The first-order valence-corrected chi connectivity index (χ1v) is 10.8. The number of rotatable bonds is 7. The van der Waals surface area contributed by atoms with E-state index in [1.165, 1.54) is 18.4 Å². The molecule has 0 unspecified atom stereocenters. The van der Waals surface area contributed by atoms with Crippen molar-refractivity contribution in [2.24, 2.45) is 0 Å². The van der Waals surface area contributed by atoms with Gasteiger partial charge in [-0.3, -0.25) is 14.9 Å². The van der Waals surface area contributed by atoms with E-state index in [-0.39, 0.29) is 31.4 Å². The van der Waals surface area contributed by atoms with Gasteiger partial charge in [0.25, 0.3) is 0 Å². The monoisotopic (exact) mass is 451 g/mol. The fraction of sp³-hybridized carbons (Fsp3) is 0.217. The van der Waals surface area contributed by atoms with Crippen LogP contribution in [0.15, 0.2) is 53.9 Å². The van der Waals surface area contributed by atoms with Crippen LogP contribution in [-0.2, 0) is 20.7 Å². The maximum absolute atomic E-state index is 12.3. The summed E-state index contributed by atoms with van der Waals surface area (Å²) in [5, 5.41) is 13.3. The standard InChI is InChI=1S/C23H21N3O5S/c1-26(11-21(28)29)20(27)10-14-13-32-22(24-14)25-23(30)31-12-19-17-8-4-2-6-15(17)16-7-3-5-9-18(16)19/h2-9,13,19H,10-12H2,1H3,(H,28,29)(H,24,25,30). The third-order valence-electron chi connectivity index (χ3n) is 5.23. The Morgan fingerprint density at radius 2 is 1.72 bits per heavy atom. The number of likely N-dealkylation sites (N-methyl/N-ethyl adjacent to an activating group) is 1. The maximum Gasteiger partial charge on any atom is 0.413 e. The SMILES string of the molecule is CN(CC(=O)O)C(=O)Cc1csc(NC(=O)OCC2c3ccccc3-c3ccccc32)n1. The molecule has 4 rings (SSSR count). The smallest absolute Gasteiger partial charge is 0.413 e. The Morgan fingerprint density at radius 3 is 2.34 bits per heavy atom. The van der Waals surface area contributed by atoms with Gasteiger partial charge in [0.15, 0.2) is 5.13 Å². The topological polar surface area (TPSA) is 109 Å². The van der Waals surface area contributed by atoms with Crippen molar-refractivity contribution in [1.29, 1.82) is 0 Å². The quantitative estimate of drug-likeness (QED) is 0.568. The number of carboxylic acids is 1. The van der Waals surface area contributed by atoms with E-state index in [0.29, 0.717) is 10.8 Å². The van der Waals surface area contributed by atoms with Crippen LogP contribution in [-0.4, -0.2) is 53.2 Å². The third kappa shape index (κ3) is 4.62. The number of ether oxygens (including phenoxy) is 1. The van der Waals surface area contributed by atoms with Crippen molar-refractivity contribution in [3.8, 4) is 11.1 Å². The molecule has 0 radical (unpaired) electrons. The van der Waals surface area contributed by atoms with Crippen LogP contribution < -0.4 is 5.32 Å². The number of hydrogen-bond donors (Lipinski definition) is 2. The summed E-state index contributed by atoms with van der Waals surface area (Å²) in [6.07, 6.45) is -0.672. The van der Waals surface area contributed by atoms with Crippen molar-refractivity contribution in [3.63, 3.8) is 0 Å². The average Bonchev–Trinajstić information content (AvgIpc) is 3.33. The second-order valence-electron chi connectivity index (χ2n) is 7.41. The second-order valence-corrected chi connectivity index (χ2v) is 8.27. The molecule has 3 aromatic rings. The normalized spacial score (nSPS) is 12.0. The van der Waals surface area contributed by atoms with Crippen LogP contribution in [0.5, 0.6) is 0 Å². The molecule has 0 bridgehead atoms. The minimum atomic E-state index is -1.09. The highest BCUT2D eigenvalue weighted by Crippen LogP contribution is 2.44. The van der Waals surface area contributed by atoms with Crippen LogP contribution in [0.2, 0.25) is 0 Å². The highest BCUT2D eigenvalue weighted by molar-refractivity contribution is 7.13. The molecule has 8 nitrogen and oxygen atoms in total. The van der Waals surface area contributed by atoms with Gasteiger partial charge >= 0.3 is 12.1 Å². The molecule has 2 N–H and O–H groups in total. The number of anilines is 1. The van der Waals surface area contributed by atoms with Crippen molar-refractivity contribution in [2.75, 3.05) is 25.5 Å². The van der Waals surface area contributed by atoms with Gasteiger partial charge in [-0.15, -0.1) is 11.3 Å². The summed E-state index contributed by atoms with van der Waals surface area (Å²) >= 11 is 1.17. The molecule has 9 heteroatoms. The second kappa shape index (κ2) is 9.19. The lowest BCUT2D eigenvalue weighted by Gasteiger charge is -2.14. The van der Waals surface area contributed by atoms with E-state index >= 15 is 0 Å². The number of aromatic nitrogens is 1. The van der Waals surface area contributed by atoms with Gasteiger partial charge < -0.3 is 14.7 Å². The Morgan fingerprint density at radius 1 is 1.09 bits per heavy atom. The molecule has 0 atom stereocenters. The van der Waals surface area contributed by atoms with E-state index in [2.05, 4.69) is 22.4 Å². The summed E-state index contributed by atoms with van der Waals surface area (Å²) in [5.74, 6) is -1.50. The predicted octanol–water partition coefficient (Wildman–Crippen LogP) is 3.59. The largest absolute Gasteiger partial charge is 0.480 e. The summed E-state index contributed by atoms with van der Waals surface area (Å²) in [6, 6.07) is 16.2. The van der Waals surface area contributed by atoms with Crippen molar-refractivity contribution < 1.29 is 24.2 Å². The molecule has 0 fully saturated rings. The molecule has 32 heavy (non-hydrogen) atoms. The lowest BCUT2D eigenvalue weighted by molar-refractivity contribution is -0.143. The van der Waals surface area contributed by atoms with Gasteiger partial charge in [0.05, 0.1) is 12.1 Å². The zero-order chi connectivity index (χ0) is 22.7. The minimum Gasteiger partial charge on any atom is -0.480 e. The Balaban J connectivity index is 1.35. The first-order valence-electron chi connectivity index (χ1n) is 9.94. The van der Waals surface area contributed by atoms with Crippen LogP contribution in [0.3, 0.4) is 0 Å². The first kappa shape index (κ1) is 21.5. The Kier molecular flexibility index (Phi) is 6.18. The van der Waals surface area contributed by atoms with E-state index < -0.39 is 12.1 Å². The lowest BCUT2D eigenvalue weighted by atomic mass is 9.98. The first-order chi connectivity index (χ1) is 15.4. The summed E-state index contributed by atoms with van der Waals surface area (Å²) in [5.41, 5.74) is 5.01. The van der Waals surface area contributed by atoms with E-state index in [1.807, 2.05) is 36.4 Å². The zero-order valence-corrected chi connectivity index (χ0v) is 18.1. The van der Waals surface area contributed by atoms with Gasteiger partial charge in [0.2, 0.25) is 5.91 Å². The molecule has 164 valence electrons. The molecule has 0 saturated heterocycles. The number of amides is 2. The number of benzene rings is 2. The Bertz CT molecular complexity index is 1130. The van der Waals surface area contributed by atoms with Gasteiger partial charge in [0.1, 0.15) is 13.2 Å². The van der Waals surface area contributed by atoms with Crippen molar-refractivity contribution in [3.05, 3.63) is 70.7 Å². The van der Waals surface area contributed by atoms with E-state index in [1.54, 1.807) is 5.38 Å². The third-order valence-corrected chi connectivity index (χ3v) is 6.04. The summed E-state index contributed by atoms with van der Waals surface area (Å²) in [7, 11) is 1.42. The number of carbonyl (C=O) groups excluding carboxylic acids is 2. The highest BCUT2D eigenvalue weighted by Gasteiger charge is 2.29. The van der Waals surface area contributed by atoms with E-state index in [0.717, 1.165) is 27.2 Å². The lowest BCUT2D eigenvalue weighted by Crippen LogP contribution is -2.33. The minimum absolute atomic E-state index is 0.0394. The molecule has 2 aromatic carbocycles. The van der Waals surface area contributed by atoms with Crippen LogP contribution >= 0.6 is 11.3 Å².